The Morgan fingerprint density at radius 1 is 1.04 bits per heavy atom. The zero-order valence-electron chi connectivity index (χ0n) is 13.9. The van der Waals surface area contributed by atoms with Crippen molar-refractivity contribution in [3.63, 3.8) is 0 Å². The van der Waals surface area contributed by atoms with Gasteiger partial charge in [0.1, 0.15) is 10.8 Å². The molecule has 5 nitrogen and oxygen atoms in total. The summed E-state index contributed by atoms with van der Waals surface area (Å²) < 4.78 is 5.26. The van der Waals surface area contributed by atoms with Gasteiger partial charge in [-0.15, -0.1) is 11.8 Å². The van der Waals surface area contributed by atoms with Crippen LogP contribution in [0.3, 0.4) is 0 Å². The molecule has 0 fully saturated rings. The fourth-order valence-electron chi connectivity index (χ4n) is 2.63. The van der Waals surface area contributed by atoms with Crippen molar-refractivity contribution < 1.29 is 4.52 Å². The molecule has 25 heavy (non-hydrogen) atoms. The van der Waals surface area contributed by atoms with Crippen molar-refractivity contribution in [3.05, 3.63) is 65.8 Å². The summed E-state index contributed by atoms with van der Waals surface area (Å²) in [7, 11) is 0. The number of thioether (sulfide) groups is 1. The maximum Gasteiger partial charge on any atom is 0.162 e. The van der Waals surface area contributed by atoms with E-state index in [0.29, 0.717) is 5.82 Å². The smallest absolute Gasteiger partial charge is 0.162 e. The molecule has 0 aliphatic heterocycles. The number of nitrogens with zero attached hydrogens (tertiary/aromatic N) is 4. The Morgan fingerprint density at radius 2 is 1.92 bits per heavy atom. The second kappa shape index (κ2) is 6.64. The summed E-state index contributed by atoms with van der Waals surface area (Å²) in [5.74, 6) is 2.30. The third kappa shape index (κ3) is 3.13. The van der Waals surface area contributed by atoms with Crippen molar-refractivity contribution in [1.29, 1.82) is 0 Å². The number of aryl methyl sites for hydroxylation is 2. The number of benzene rings is 1. The Hall–Kier alpha value is -2.73. The first-order valence-corrected chi connectivity index (χ1v) is 8.92. The van der Waals surface area contributed by atoms with Gasteiger partial charge < -0.3 is 4.52 Å². The van der Waals surface area contributed by atoms with Crippen LogP contribution in [0.4, 0.5) is 0 Å². The third-order valence-corrected chi connectivity index (χ3v) is 5.04. The summed E-state index contributed by atoms with van der Waals surface area (Å²) in [5.41, 5.74) is 3.89. The summed E-state index contributed by atoms with van der Waals surface area (Å²) in [6.07, 6.45) is 3.53. The topological polar surface area (TPSA) is 64.7 Å². The summed E-state index contributed by atoms with van der Waals surface area (Å²) in [4.78, 5) is 13.7. The maximum atomic E-state index is 5.26. The lowest BCUT2D eigenvalue weighted by Crippen LogP contribution is -1.95. The number of aromatic nitrogens is 4. The average molecular weight is 348 g/mol. The minimum Gasteiger partial charge on any atom is -0.361 e. The second-order valence-corrected chi connectivity index (χ2v) is 6.67. The van der Waals surface area contributed by atoms with E-state index < -0.39 is 0 Å². The molecule has 0 N–H and O–H groups in total. The van der Waals surface area contributed by atoms with Crippen LogP contribution in [0.5, 0.6) is 0 Å². The van der Waals surface area contributed by atoms with Crippen LogP contribution in [0.15, 0.2) is 58.3 Å². The maximum absolute atomic E-state index is 5.26. The number of pyridine rings is 1. The highest BCUT2D eigenvalue weighted by atomic mass is 32.2. The molecule has 0 saturated carbocycles. The summed E-state index contributed by atoms with van der Waals surface area (Å²) in [6, 6.07) is 11.9. The van der Waals surface area contributed by atoms with E-state index in [1.54, 1.807) is 24.2 Å². The van der Waals surface area contributed by atoms with E-state index in [0.717, 1.165) is 44.3 Å². The zero-order chi connectivity index (χ0) is 17.2. The third-order valence-electron chi connectivity index (χ3n) is 4.02. The monoisotopic (exact) mass is 348 g/mol. The highest BCUT2D eigenvalue weighted by molar-refractivity contribution is 7.98. The molecule has 4 aromatic rings. The molecular formula is C19H16N4OS. The molecule has 0 radical (unpaired) electrons. The van der Waals surface area contributed by atoms with E-state index in [-0.39, 0.29) is 0 Å². The van der Waals surface area contributed by atoms with Gasteiger partial charge in [0.15, 0.2) is 5.82 Å². The number of rotatable bonds is 4. The van der Waals surface area contributed by atoms with Crippen LogP contribution in [-0.4, -0.2) is 20.1 Å². The van der Waals surface area contributed by atoms with Crippen LogP contribution in [0, 0.1) is 13.8 Å². The van der Waals surface area contributed by atoms with Crippen molar-refractivity contribution >= 4 is 22.7 Å². The molecule has 0 aliphatic rings. The molecule has 0 saturated heterocycles. The minimum absolute atomic E-state index is 0.688. The number of para-hydroxylation sites is 1. The Morgan fingerprint density at radius 3 is 2.68 bits per heavy atom. The van der Waals surface area contributed by atoms with Crippen LogP contribution in [0.25, 0.3) is 22.3 Å². The number of hydrogen-bond donors (Lipinski definition) is 0. The summed E-state index contributed by atoms with van der Waals surface area (Å²) in [6.45, 7) is 3.90. The average Bonchev–Trinajstić information content (AvgIpc) is 2.98. The Kier molecular flexibility index (Phi) is 4.19. The Balaban J connectivity index is 1.76. The van der Waals surface area contributed by atoms with Gasteiger partial charge in [0.25, 0.3) is 0 Å². The molecule has 4 rings (SSSR count). The van der Waals surface area contributed by atoms with E-state index in [9.17, 15) is 0 Å². The predicted octanol–water partition coefficient (Wildman–Crippen LogP) is 4.59. The number of hydrogen-bond acceptors (Lipinski definition) is 6. The molecule has 6 heteroatoms. The molecule has 3 heterocycles. The molecule has 3 aromatic heterocycles. The van der Waals surface area contributed by atoms with Crippen LogP contribution >= 0.6 is 11.8 Å². The van der Waals surface area contributed by atoms with E-state index in [4.69, 9.17) is 14.5 Å². The largest absolute Gasteiger partial charge is 0.361 e. The second-order valence-electron chi connectivity index (χ2n) is 5.70. The first-order valence-electron chi connectivity index (χ1n) is 7.94. The van der Waals surface area contributed by atoms with Crippen molar-refractivity contribution in [1.82, 2.24) is 20.1 Å². The van der Waals surface area contributed by atoms with Gasteiger partial charge in [-0.25, -0.2) is 9.97 Å². The van der Waals surface area contributed by atoms with Crippen molar-refractivity contribution in [2.24, 2.45) is 0 Å². The molecule has 0 aliphatic carbocycles. The van der Waals surface area contributed by atoms with Gasteiger partial charge in [-0.3, -0.25) is 4.98 Å². The van der Waals surface area contributed by atoms with E-state index >= 15 is 0 Å². The molecule has 124 valence electrons. The zero-order valence-corrected chi connectivity index (χ0v) is 14.7. The van der Waals surface area contributed by atoms with E-state index in [1.165, 1.54) is 0 Å². The van der Waals surface area contributed by atoms with Crippen LogP contribution in [0.2, 0.25) is 0 Å². The minimum atomic E-state index is 0.688. The van der Waals surface area contributed by atoms with Crippen molar-refractivity contribution in [3.8, 4) is 11.4 Å². The van der Waals surface area contributed by atoms with Crippen LogP contribution in [0.1, 0.15) is 17.0 Å². The molecule has 0 amide bonds. The SMILES string of the molecule is Cc1noc(C)c1CSc1nc(-c2cccnc2)nc2ccccc12. The quantitative estimate of drug-likeness (QED) is 0.397. The highest BCUT2D eigenvalue weighted by Crippen LogP contribution is 2.31. The van der Waals surface area contributed by atoms with Crippen molar-refractivity contribution in [2.45, 2.75) is 24.6 Å². The predicted molar refractivity (Wildman–Crippen MR) is 98.3 cm³/mol. The van der Waals surface area contributed by atoms with Gasteiger partial charge in [0.2, 0.25) is 0 Å². The summed E-state index contributed by atoms with van der Waals surface area (Å²) >= 11 is 1.67. The first-order chi connectivity index (χ1) is 12.2. The molecule has 0 unspecified atom stereocenters. The lowest BCUT2D eigenvalue weighted by Gasteiger charge is -2.08. The standard InChI is InChI=1S/C19H16N4OS/c1-12-16(13(2)24-23-12)11-25-19-15-7-3-4-8-17(15)21-18(22-19)14-6-5-9-20-10-14/h3-10H,11H2,1-2H3. The van der Waals surface area contributed by atoms with E-state index in [2.05, 4.69) is 16.2 Å². The number of fused-ring (bicyclic) bond motifs is 1. The fraction of sp³-hybridized carbons (Fsp3) is 0.158. The molecule has 1 aromatic carbocycles. The van der Waals surface area contributed by atoms with Gasteiger partial charge in [-0.2, -0.15) is 0 Å². The van der Waals surface area contributed by atoms with Gasteiger partial charge in [0.05, 0.1) is 11.2 Å². The first kappa shape index (κ1) is 15.8. The Bertz CT molecular complexity index is 1010. The Labute approximate surface area is 149 Å². The van der Waals surface area contributed by atoms with Gasteiger partial charge in [-0.05, 0) is 32.0 Å². The molecular weight excluding hydrogens is 332 g/mol. The van der Waals surface area contributed by atoms with Crippen molar-refractivity contribution in [2.75, 3.05) is 0 Å². The summed E-state index contributed by atoms with van der Waals surface area (Å²) in [5, 5.41) is 6.02. The molecule has 0 bridgehead atoms. The lowest BCUT2D eigenvalue weighted by molar-refractivity contribution is 0.392. The highest BCUT2D eigenvalue weighted by Gasteiger charge is 2.13. The van der Waals surface area contributed by atoms with Crippen LogP contribution < -0.4 is 0 Å². The van der Waals surface area contributed by atoms with Crippen LogP contribution in [-0.2, 0) is 5.75 Å². The van der Waals surface area contributed by atoms with Gasteiger partial charge in [0, 0.05) is 34.7 Å². The van der Waals surface area contributed by atoms with E-state index in [1.807, 2.05) is 44.2 Å². The van der Waals surface area contributed by atoms with Gasteiger partial charge in [-0.1, -0.05) is 23.4 Å². The molecule has 0 atom stereocenters. The molecule has 0 spiro atoms. The fourth-order valence-corrected chi connectivity index (χ4v) is 3.80. The lowest BCUT2D eigenvalue weighted by atomic mass is 10.2. The van der Waals surface area contributed by atoms with Gasteiger partial charge >= 0.3 is 0 Å². The normalized spacial score (nSPS) is 11.1.